The van der Waals surface area contributed by atoms with E-state index >= 15 is 0 Å². The third-order valence-corrected chi connectivity index (χ3v) is 3.65. The van der Waals surface area contributed by atoms with Crippen molar-refractivity contribution in [2.45, 2.75) is 13.8 Å². The summed E-state index contributed by atoms with van der Waals surface area (Å²) in [6, 6.07) is 1.49. The number of nitriles is 1. The first-order valence-electron chi connectivity index (χ1n) is 4.34. The molecule has 0 aromatic carbocycles. The summed E-state index contributed by atoms with van der Waals surface area (Å²) >= 11 is 0. The fourth-order valence-electron chi connectivity index (χ4n) is 1.24. The second kappa shape index (κ2) is 3.90. The van der Waals surface area contributed by atoms with Gasteiger partial charge in [0.25, 0.3) is 10.0 Å². The maximum Gasteiger partial charge on any atom is 0.304 e. The first-order chi connectivity index (χ1) is 7.00. The van der Waals surface area contributed by atoms with Crippen LogP contribution in [0.15, 0.2) is 10.7 Å². The Bertz CT molecular complexity index is 458. The summed E-state index contributed by atoms with van der Waals surface area (Å²) in [7, 11) is -3.97. The molecule has 0 fully saturated rings. The van der Waals surface area contributed by atoms with Gasteiger partial charge in [0.05, 0.1) is 6.61 Å². The van der Waals surface area contributed by atoms with Crippen molar-refractivity contribution in [1.82, 2.24) is 4.31 Å². The number of rotatable bonds is 3. The van der Waals surface area contributed by atoms with E-state index in [1.807, 2.05) is 0 Å². The molecular weight excluding hydrogens is 220 g/mol. The smallest absolute Gasteiger partial charge is 0.304 e. The first-order valence-corrected chi connectivity index (χ1v) is 5.78. The van der Waals surface area contributed by atoms with E-state index in [0.29, 0.717) is 4.31 Å². The van der Waals surface area contributed by atoms with Crippen LogP contribution in [-0.4, -0.2) is 31.8 Å². The highest BCUT2D eigenvalue weighted by molar-refractivity contribution is 7.94. The lowest BCUT2D eigenvalue weighted by Gasteiger charge is -2.11. The zero-order valence-corrected chi connectivity index (χ0v) is 9.17. The van der Waals surface area contributed by atoms with Crippen LogP contribution < -0.4 is 0 Å². The van der Waals surface area contributed by atoms with E-state index in [9.17, 15) is 13.2 Å². The normalized spacial score (nSPS) is 19.3. The molecule has 0 unspecified atom stereocenters. The average molecular weight is 230 g/mol. The van der Waals surface area contributed by atoms with Gasteiger partial charge in [-0.2, -0.15) is 5.26 Å². The highest BCUT2D eigenvalue weighted by Crippen LogP contribution is 2.27. The van der Waals surface area contributed by atoms with Crippen LogP contribution in [0.2, 0.25) is 0 Å². The van der Waals surface area contributed by atoms with Gasteiger partial charge >= 0.3 is 5.91 Å². The fourth-order valence-corrected chi connectivity index (χ4v) is 2.60. The minimum atomic E-state index is -3.97. The standard InChI is InChI=1S/C8H10N2O4S/c1-3-10-8(11)7(14-4-2)6(5-9)15(10,12)13/h3-4H2,1-2H3. The van der Waals surface area contributed by atoms with Crippen molar-refractivity contribution in [3.05, 3.63) is 10.7 Å². The minimum absolute atomic E-state index is 0.0110. The lowest BCUT2D eigenvalue weighted by Crippen LogP contribution is -2.31. The molecule has 1 aliphatic rings. The van der Waals surface area contributed by atoms with E-state index in [2.05, 4.69) is 0 Å². The molecule has 1 heterocycles. The van der Waals surface area contributed by atoms with Gasteiger partial charge in [-0.3, -0.25) is 4.79 Å². The van der Waals surface area contributed by atoms with E-state index in [1.54, 1.807) is 6.92 Å². The minimum Gasteiger partial charge on any atom is -0.487 e. The third-order valence-electron chi connectivity index (χ3n) is 1.85. The van der Waals surface area contributed by atoms with Gasteiger partial charge in [0.15, 0.2) is 0 Å². The van der Waals surface area contributed by atoms with Crippen molar-refractivity contribution in [1.29, 1.82) is 5.26 Å². The Morgan fingerprint density at radius 2 is 2.07 bits per heavy atom. The molecule has 0 radical (unpaired) electrons. The van der Waals surface area contributed by atoms with Crippen molar-refractivity contribution < 1.29 is 17.9 Å². The molecule has 0 aliphatic carbocycles. The number of hydrogen-bond donors (Lipinski definition) is 0. The van der Waals surface area contributed by atoms with Crippen molar-refractivity contribution in [2.75, 3.05) is 13.2 Å². The Labute approximate surface area is 87.8 Å². The summed E-state index contributed by atoms with van der Waals surface area (Å²) in [5, 5.41) is 8.68. The summed E-state index contributed by atoms with van der Waals surface area (Å²) in [6.45, 7) is 3.25. The fraction of sp³-hybridized carbons (Fsp3) is 0.500. The van der Waals surface area contributed by atoms with E-state index in [4.69, 9.17) is 10.00 Å². The summed E-state index contributed by atoms with van der Waals surface area (Å²) in [6.07, 6.45) is 0. The number of ether oxygens (including phenoxy) is 1. The number of carbonyl (C=O) groups is 1. The molecule has 82 valence electrons. The van der Waals surface area contributed by atoms with Crippen LogP contribution >= 0.6 is 0 Å². The molecule has 1 amide bonds. The molecule has 15 heavy (non-hydrogen) atoms. The van der Waals surface area contributed by atoms with Gasteiger partial charge in [0.2, 0.25) is 10.7 Å². The summed E-state index contributed by atoms with van der Waals surface area (Å²) in [5.41, 5.74) is 0. The number of hydrogen-bond acceptors (Lipinski definition) is 5. The predicted molar refractivity (Wildman–Crippen MR) is 50.6 cm³/mol. The molecule has 1 rings (SSSR count). The highest BCUT2D eigenvalue weighted by Gasteiger charge is 2.44. The third kappa shape index (κ3) is 1.57. The number of allylic oxidation sites excluding steroid dienone is 1. The summed E-state index contributed by atoms with van der Waals surface area (Å²) < 4.78 is 28.7. The molecule has 0 aromatic rings. The number of nitrogens with zero attached hydrogens (tertiary/aromatic N) is 2. The Kier molecular flexibility index (Phi) is 3.00. The molecule has 0 atom stereocenters. The lowest BCUT2D eigenvalue weighted by molar-refractivity contribution is -0.125. The van der Waals surface area contributed by atoms with Gasteiger partial charge in [-0.05, 0) is 13.8 Å². The Balaban J connectivity index is 3.34. The summed E-state index contributed by atoms with van der Waals surface area (Å²) in [5.74, 6) is -1.14. The largest absolute Gasteiger partial charge is 0.487 e. The van der Waals surface area contributed by atoms with E-state index < -0.39 is 20.8 Å². The van der Waals surface area contributed by atoms with Gasteiger partial charge in [-0.25, -0.2) is 12.7 Å². The lowest BCUT2D eigenvalue weighted by atomic mass is 10.4. The number of amides is 1. The predicted octanol–water partition coefficient (Wildman–Crippen LogP) is -0.0500. The van der Waals surface area contributed by atoms with Crippen LogP contribution in [0.3, 0.4) is 0 Å². The van der Waals surface area contributed by atoms with Crippen LogP contribution in [0.4, 0.5) is 0 Å². The average Bonchev–Trinajstić information content (AvgIpc) is 2.34. The van der Waals surface area contributed by atoms with Crippen LogP contribution in [0.5, 0.6) is 0 Å². The van der Waals surface area contributed by atoms with Crippen molar-refractivity contribution in [2.24, 2.45) is 0 Å². The van der Waals surface area contributed by atoms with Crippen LogP contribution in [-0.2, 0) is 19.6 Å². The Morgan fingerprint density at radius 1 is 1.47 bits per heavy atom. The molecule has 1 aliphatic heterocycles. The quantitative estimate of drug-likeness (QED) is 0.678. The van der Waals surface area contributed by atoms with E-state index in [-0.39, 0.29) is 18.9 Å². The Hall–Kier alpha value is -1.55. The Morgan fingerprint density at radius 3 is 2.47 bits per heavy atom. The highest BCUT2D eigenvalue weighted by atomic mass is 32.2. The van der Waals surface area contributed by atoms with Gasteiger partial charge in [-0.15, -0.1) is 0 Å². The number of sulfonamides is 1. The van der Waals surface area contributed by atoms with Gasteiger partial charge in [0, 0.05) is 6.54 Å². The van der Waals surface area contributed by atoms with Crippen molar-refractivity contribution in [3.8, 4) is 6.07 Å². The molecule has 0 aromatic heterocycles. The zero-order valence-electron chi connectivity index (χ0n) is 8.35. The number of carbonyl (C=O) groups excluding carboxylic acids is 1. The molecule has 6 nitrogen and oxygen atoms in total. The van der Waals surface area contributed by atoms with Crippen molar-refractivity contribution >= 4 is 15.9 Å². The molecule has 7 heteroatoms. The maximum atomic E-state index is 11.6. The number of likely N-dealkylation sites (N-methyl/N-ethyl adjacent to an activating group) is 1. The molecule has 0 spiro atoms. The van der Waals surface area contributed by atoms with Crippen LogP contribution in [0.25, 0.3) is 0 Å². The second-order valence-corrected chi connectivity index (χ2v) is 4.48. The maximum absolute atomic E-state index is 11.6. The van der Waals surface area contributed by atoms with Crippen LogP contribution in [0.1, 0.15) is 13.8 Å². The zero-order chi connectivity index (χ0) is 11.6. The van der Waals surface area contributed by atoms with Gasteiger partial charge < -0.3 is 4.74 Å². The van der Waals surface area contributed by atoms with Gasteiger partial charge in [0.1, 0.15) is 6.07 Å². The second-order valence-electron chi connectivity index (χ2n) is 2.68. The van der Waals surface area contributed by atoms with E-state index in [0.717, 1.165) is 0 Å². The first kappa shape index (κ1) is 11.5. The molecule has 0 bridgehead atoms. The molecular formula is C8H10N2O4S. The SMILES string of the molecule is CCOC1=C(C#N)S(=O)(=O)N(CC)C1=O. The topological polar surface area (TPSA) is 87.5 Å². The monoisotopic (exact) mass is 230 g/mol. The van der Waals surface area contributed by atoms with Crippen molar-refractivity contribution in [3.63, 3.8) is 0 Å². The molecule has 0 saturated carbocycles. The van der Waals surface area contributed by atoms with Gasteiger partial charge in [-0.1, -0.05) is 0 Å². The van der Waals surface area contributed by atoms with Crippen LogP contribution in [0, 0.1) is 11.3 Å². The summed E-state index contributed by atoms with van der Waals surface area (Å²) in [4.78, 5) is 10.9. The molecule has 0 N–H and O–H groups in total. The van der Waals surface area contributed by atoms with E-state index in [1.165, 1.54) is 13.0 Å². The molecule has 0 saturated heterocycles.